The number of hydrogen-bond acceptors (Lipinski definition) is 8. The molecule has 0 aromatic carbocycles. The molecule has 1 aliphatic heterocycles. The van der Waals surface area contributed by atoms with Crippen LogP contribution in [0.25, 0.3) is 0 Å². The van der Waals surface area contributed by atoms with Gasteiger partial charge in [0.1, 0.15) is 10.6 Å². The predicted molar refractivity (Wildman–Crippen MR) is 97.2 cm³/mol. The van der Waals surface area contributed by atoms with E-state index < -0.39 is 5.97 Å². The van der Waals surface area contributed by atoms with Crippen LogP contribution >= 0.6 is 11.3 Å². The normalized spacial score (nSPS) is 15.8. The maximum absolute atomic E-state index is 12.3. The minimum absolute atomic E-state index is 0.130. The van der Waals surface area contributed by atoms with Gasteiger partial charge in [-0.2, -0.15) is 0 Å². The number of rotatable bonds is 6. The first-order valence-electron chi connectivity index (χ1n) is 8.37. The lowest BCUT2D eigenvalue weighted by molar-refractivity contribution is -0.117. The van der Waals surface area contributed by atoms with Gasteiger partial charge in [-0.1, -0.05) is 5.16 Å². The molecule has 8 nitrogen and oxygen atoms in total. The number of nitrogens with one attached hydrogen (secondary N) is 1. The molecular weight excluding hydrogens is 356 g/mol. The second-order valence-electron chi connectivity index (χ2n) is 6.18. The number of anilines is 1. The molecular formula is C17H22N4O4S. The Bertz CT molecular complexity index is 764. The number of ether oxygens (including phenoxy) is 1. The van der Waals surface area contributed by atoms with Crippen LogP contribution in [0.5, 0.6) is 0 Å². The molecule has 3 rings (SSSR count). The van der Waals surface area contributed by atoms with E-state index in [0.717, 1.165) is 44.2 Å². The van der Waals surface area contributed by atoms with Crippen molar-refractivity contribution >= 4 is 28.9 Å². The summed E-state index contributed by atoms with van der Waals surface area (Å²) in [6.07, 6.45) is 0. The molecule has 140 valence electrons. The molecule has 26 heavy (non-hydrogen) atoms. The number of methoxy groups -OCH3 is 1. The van der Waals surface area contributed by atoms with Crippen LogP contribution in [0.1, 0.15) is 21.1 Å². The number of carbonyl (C=O) groups excluding carboxylic acids is 2. The maximum atomic E-state index is 12.3. The molecule has 3 heterocycles. The molecule has 1 aliphatic rings. The smallest absolute Gasteiger partial charge is 0.350 e. The Morgan fingerprint density at radius 2 is 2.04 bits per heavy atom. The van der Waals surface area contributed by atoms with E-state index in [1.54, 1.807) is 11.4 Å². The lowest BCUT2D eigenvalue weighted by Gasteiger charge is -2.33. The summed E-state index contributed by atoms with van der Waals surface area (Å²) in [6, 6.07) is 3.66. The van der Waals surface area contributed by atoms with Gasteiger partial charge >= 0.3 is 5.97 Å². The van der Waals surface area contributed by atoms with Crippen molar-refractivity contribution in [3.63, 3.8) is 0 Å². The average molecular weight is 378 g/mol. The van der Waals surface area contributed by atoms with Crippen molar-refractivity contribution in [1.29, 1.82) is 0 Å². The van der Waals surface area contributed by atoms with Gasteiger partial charge in [-0.15, -0.1) is 11.3 Å². The Kier molecular flexibility index (Phi) is 6.02. The molecule has 1 saturated heterocycles. The summed E-state index contributed by atoms with van der Waals surface area (Å²) in [4.78, 5) is 28.7. The highest BCUT2D eigenvalue weighted by Gasteiger charge is 2.21. The molecule has 0 aliphatic carbocycles. The zero-order valence-corrected chi connectivity index (χ0v) is 15.7. The number of esters is 1. The minimum atomic E-state index is -0.438. The summed E-state index contributed by atoms with van der Waals surface area (Å²) in [7, 11) is 1.33. The largest absolute Gasteiger partial charge is 0.465 e. The molecule has 0 bridgehead atoms. The number of thiophene rings is 1. The number of carbonyl (C=O) groups is 2. The highest BCUT2D eigenvalue weighted by Crippen LogP contribution is 2.23. The van der Waals surface area contributed by atoms with Gasteiger partial charge in [-0.25, -0.2) is 4.79 Å². The summed E-state index contributed by atoms with van der Waals surface area (Å²) < 4.78 is 9.81. The predicted octanol–water partition coefficient (Wildman–Crippen LogP) is 1.59. The van der Waals surface area contributed by atoms with E-state index in [1.165, 1.54) is 18.4 Å². The average Bonchev–Trinajstić information content (AvgIpc) is 3.25. The topological polar surface area (TPSA) is 87.9 Å². The van der Waals surface area contributed by atoms with Crippen molar-refractivity contribution in [2.24, 2.45) is 0 Å². The Morgan fingerprint density at radius 3 is 2.69 bits per heavy atom. The molecule has 2 aromatic heterocycles. The molecule has 0 radical (unpaired) electrons. The van der Waals surface area contributed by atoms with Crippen molar-refractivity contribution < 1.29 is 18.8 Å². The van der Waals surface area contributed by atoms with Gasteiger partial charge in [-0.05, 0) is 18.4 Å². The van der Waals surface area contributed by atoms with E-state index in [4.69, 9.17) is 9.26 Å². The van der Waals surface area contributed by atoms with Crippen LogP contribution < -0.4 is 5.32 Å². The van der Waals surface area contributed by atoms with Crippen LogP contribution in [0, 0.1) is 6.92 Å². The Morgan fingerprint density at radius 1 is 1.31 bits per heavy atom. The zero-order valence-electron chi connectivity index (χ0n) is 14.9. The number of piperazine rings is 1. The Labute approximate surface area is 155 Å². The van der Waals surface area contributed by atoms with Crippen LogP contribution in [0.2, 0.25) is 0 Å². The molecule has 0 saturated carbocycles. The van der Waals surface area contributed by atoms with Crippen LogP contribution in [-0.2, 0) is 16.1 Å². The van der Waals surface area contributed by atoms with Gasteiger partial charge in [-0.3, -0.25) is 14.6 Å². The third kappa shape index (κ3) is 4.69. The van der Waals surface area contributed by atoms with Crippen molar-refractivity contribution in [2.45, 2.75) is 13.5 Å². The molecule has 2 aromatic rings. The van der Waals surface area contributed by atoms with Crippen LogP contribution in [-0.4, -0.2) is 66.7 Å². The van der Waals surface area contributed by atoms with Gasteiger partial charge in [0, 0.05) is 38.8 Å². The van der Waals surface area contributed by atoms with Gasteiger partial charge in [0.15, 0.2) is 0 Å². The van der Waals surface area contributed by atoms with Gasteiger partial charge in [0.05, 0.1) is 25.0 Å². The highest BCUT2D eigenvalue weighted by atomic mass is 32.1. The summed E-state index contributed by atoms with van der Waals surface area (Å²) in [5, 5.41) is 8.57. The summed E-state index contributed by atoms with van der Waals surface area (Å²) in [6.45, 7) is 6.28. The number of aromatic nitrogens is 1. The molecule has 9 heteroatoms. The lowest BCUT2D eigenvalue weighted by atomic mass is 10.2. The van der Waals surface area contributed by atoms with E-state index in [1.807, 2.05) is 13.0 Å². The maximum Gasteiger partial charge on any atom is 0.350 e. The van der Waals surface area contributed by atoms with Crippen molar-refractivity contribution in [1.82, 2.24) is 15.0 Å². The van der Waals surface area contributed by atoms with Gasteiger partial charge in [0.2, 0.25) is 5.91 Å². The van der Waals surface area contributed by atoms with Crippen LogP contribution in [0.3, 0.4) is 0 Å². The standard InChI is InChI=1S/C17H22N4O4S/c1-12-9-13(19-25-12)10-20-4-6-21(7-5-20)11-15(22)18-14-3-8-26-16(14)17(23)24-2/h3,8-9H,4-7,10-11H2,1-2H3,(H,18,22). The highest BCUT2D eigenvalue weighted by molar-refractivity contribution is 7.12. The zero-order chi connectivity index (χ0) is 18.5. The first-order valence-corrected chi connectivity index (χ1v) is 9.25. The first-order chi connectivity index (χ1) is 12.5. The molecule has 1 fully saturated rings. The number of amides is 1. The fourth-order valence-electron chi connectivity index (χ4n) is 2.88. The fourth-order valence-corrected chi connectivity index (χ4v) is 3.64. The minimum Gasteiger partial charge on any atom is -0.465 e. The van der Waals surface area contributed by atoms with Crippen LogP contribution in [0.15, 0.2) is 22.0 Å². The quantitative estimate of drug-likeness (QED) is 0.764. The number of aryl methyl sites for hydroxylation is 1. The van der Waals surface area contributed by atoms with E-state index in [9.17, 15) is 9.59 Å². The first kappa shape index (κ1) is 18.6. The Balaban J connectivity index is 1.45. The molecule has 1 N–H and O–H groups in total. The number of nitrogens with zero attached hydrogens (tertiary/aromatic N) is 3. The van der Waals surface area contributed by atoms with E-state index in [0.29, 0.717) is 17.1 Å². The number of hydrogen-bond donors (Lipinski definition) is 1. The fraction of sp³-hybridized carbons (Fsp3) is 0.471. The Hall–Kier alpha value is -2.23. The van der Waals surface area contributed by atoms with Gasteiger partial charge < -0.3 is 14.6 Å². The van der Waals surface area contributed by atoms with Crippen molar-refractivity contribution in [2.75, 3.05) is 45.2 Å². The van der Waals surface area contributed by atoms with E-state index >= 15 is 0 Å². The lowest BCUT2D eigenvalue weighted by Crippen LogP contribution is -2.48. The molecule has 0 unspecified atom stereocenters. The second-order valence-corrected chi connectivity index (χ2v) is 7.10. The van der Waals surface area contributed by atoms with Crippen LogP contribution in [0.4, 0.5) is 5.69 Å². The monoisotopic (exact) mass is 378 g/mol. The van der Waals surface area contributed by atoms with Crippen molar-refractivity contribution in [3.05, 3.63) is 33.8 Å². The summed E-state index contributed by atoms with van der Waals surface area (Å²) in [5.41, 5.74) is 1.44. The molecule has 1 amide bonds. The summed E-state index contributed by atoms with van der Waals surface area (Å²) in [5.74, 6) is 0.246. The SMILES string of the molecule is COC(=O)c1sccc1NC(=O)CN1CCN(Cc2cc(C)on2)CC1. The van der Waals surface area contributed by atoms with Crippen molar-refractivity contribution in [3.8, 4) is 0 Å². The third-order valence-corrected chi connectivity index (χ3v) is 5.10. The second kappa shape index (κ2) is 8.43. The molecule has 0 atom stereocenters. The van der Waals surface area contributed by atoms with Gasteiger partial charge in [0.25, 0.3) is 0 Å². The third-order valence-electron chi connectivity index (χ3n) is 4.20. The molecule has 0 spiro atoms. The summed E-state index contributed by atoms with van der Waals surface area (Å²) >= 11 is 1.25. The van der Waals surface area contributed by atoms with E-state index in [2.05, 4.69) is 20.3 Å². The van der Waals surface area contributed by atoms with E-state index in [-0.39, 0.29) is 5.91 Å².